The molecule has 0 atom stereocenters. The first-order valence-corrected chi connectivity index (χ1v) is 12.4. The van der Waals surface area contributed by atoms with Crippen molar-refractivity contribution in [3.05, 3.63) is 90.3 Å². The van der Waals surface area contributed by atoms with E-state index in [2.05, 4.69) is 10.3 Å². The van der Waals surface area contributed by atoms with Gasteiger partial charge in [0.1, 0.15) is 11.5 Å². The number of para-hydroxylation sites is 1. The third kappa shape index (κ3) is 5.67. The predicted molar refractivity (Wildman–Crippen MR) is 126 cm³/mol. The molecule has 0 spiro atoms. The summed E-state index contributed by atoms with van der Waals surface area (Å²) in [6, 6.07) is 19.1. The summed E-state index contributed by atoms with van der Waals surface area (Å²) in [4.78, 5) is 28.9. The zero-order valence-electron chi connectivity index (χ0n) is 18.5. The Morgan fingerprint density at radius 3 is 2.32 bits per heavy atom. The normalized spacial score (nSPS) is 14.9. The van der Waals surface area contributed by atoms with Crippen molar-refractivity contribution in [2.45, 2.75) is 24.3 Å². The number of rotatable bonds is 7. The maximum Gasteiger partial charge on any atom is 0.309 e. The highest BCUT2D eigenvalue weighted by atomic mass is 32.2. The van der Waals surface area contributed by atoms with E-state index in [9.17, 15) is 18.0 Å². The lowest BCUT2D eigenvalue weighted by Crippen LogP contribution is -2.40. The second kappa shape index (κ2) is 10.6. The van der Waals surface area contributed by atoms with E-state index in [0.29, 0.717) is 24.1 Å². The first kappa shape index (κ1) is 23.6. The molecule has 1 aromatic heterocycles. The largest absolute Gasteiger partial charge is 0.461 e. The monoisotopic (exact) mass is 479 g/mol. The third-order valence-electron chi connectivity index (χ3n) is 5.69. The van der Waals surface area contributed by atoms with Crippen LogP contribution in [0.1, 0.15) is 28.8 Å². The molecule has 4 rings (SSSR count). The second-order valence-corrected chi connectivity index (χ2v) is 9.93. The van der Waals surface area contributed by atoms with Crippen molar-refractivity contribution >= 4 is 27.6 Å². The van der Waals surface area contributed by atoms with Gasteiger partial charge in [0.2, 0.25) is 10.0 Å². The molecular formula is C25H25N3O5S. The van der Waals surface area contributed by atoms with Gasteiger partial charge in [0, 0.05) is 36.7 Å². The Hall–Kier alpha value is -3.56. The van der Waals surface area contributed by atoms with Crippen molar-refractivity contribution in [1.82, 2.24) is 9.29 Å². The summed E-state index contributed by atoms with van der Waals surface area (Å²) in [7, 11) is -3.61. The Labute approximate surface area is 198 Å². The number of amides is 1. The number of esters is 1. The Morgan fingerprint density at radius 1 is 0.971 bits per heavy atom. The molecule has 3 aromatic rings. The number of benzene rings is 2. The fourth-order valence-electron chi connectivity index (χ4n) is 3.73. The van der Waals surface area contributed by atoms with E-state index in [4.69, 9.17) is 4.74 Å². The van der Waals surface area contributed by atoms with Gasteiger partial charge in [-0.25, -0.2) is 8.42 Å². The molecule has 34 heavy (non-hydrogen) atoms. The molecule has 1 aliphatic rings. The highest BCUT2D eigenvalue weighted by molar-refractivity contribution is 7.89. The van der Waals surface area contributed by atoms with Gasteiger partial charge in [0.05, 0.1) is 5.92 Å². The number of carbonyl (C=O) groups is 2. The van der Waals surface area contributed by atoms with Crippen LogP contribution in [0.15, 0.2) is 84.0 Å². The molecule has 176 valence electrons. The van der Waals surface area contributed by atoms with E-state index < -0.39 is 10.0 Å². The van der Waals surface area contributed by atoms with Gasteiger partial charge in [-0.2, -0.15) is 4.31 Å². The van der Waals surface area contributed by atoms with E-state index in [1.165, 1.54) is 22.8 Å². The Morgan fingerprint density at radius 2 is 1.68 bits per heavy atom. The number of hydrogen-bond donors (Lipinski definition) is 1. The van der Waals surface area contributed by atoms with Gasteiger partial charge in [-0.05, 0) is 54.8 Å². The van der Waals surface area contributed by atoms with E-state index in [1.54, 1.807) is 30.3 Å². The average molecular weight is 480 g/mol. The van der Waals surface area contributed by atoms with Gasteiger partial charge in [-0.1, -0.05) is 30.3 Å². The van der Waals surface area contributed by atoms with Crippen LogP contribution in [-0.4, -0.2) is 42.7 Å². The van der Waals surface area contributed by atoms with Crippen LogP contribution in [0.3, 0.4) is 0 Å². The Bertz CT molecular complexity index is 1220. The molecule has 1 amide bonds. The predicted octanol–water partition coefficient (Wildman–Crippen LogP) is 3.48. The van der Waals surface area contributed by atoms with E-state index in [1.807, 2.05) is 30.3 Å². The van der Waals surface area contributed by atoms with Gasteiger partial charge in [0.25, 0.3) is 5.91 Å². The second-order valence-electron chi connectivity index (χ2n) is 7.99. The molecule has 0 unspecified atom stereocenters. The fourth-order valence-corrected chi connectivity index (χ4v) is 5.16. The van der Waals surface area contributed by atoms with Crippen molar-refractivity contribution in [2.75, 3.05) is 18.4 Å². The van der Waals surface area contributed by atoms with Gasteiger partial charge in [-0.3, -0.25) is 14.6 Å². The number of nitrogens with one attached hydrogen (secondary N) is 1. The number of pyridine rings is 1. The van der Waals surface area contributed by atoms with E-state index in [0.717, 1.165) is 5.56 Å². The summed E-state index contributed by atoms with van der Waals surface area (Å²) in [6.07, 6.45) is 3.65. The van der Waals surface area contributed by atoms with Crippen LogP contribution >= 0.6 is 0 Å². The zero-order chi connectivity index (χ0) is 24.0. The summed E-state index contributed by atoms with van der Waals surface area (Å²) in [5.41, 5.74) is 1.98. The van der Waals surface area contributed by atoms with E-state index in [-0.39, 0.29) is 42.4 Å². The van der Waals surface area contributed by atoms with Crippen LogP contribution in [0, 0.1) is 5.92 Å². The van der Waals surface area contributed by atoms with Crippen LogP contribution in [-0.2, 0) is 26.2 Å². The number of anilines is 1. The molecule has 1 fully saturated rings. The molecule has 0 saturated carbocycles. The lowest BCUT2D eigenvalue weighted by molar-refractivity contribution is -0.151. The molecule has 1 aliphatic heterocycles. The molecule has 0 bridgehead atoms. The first-order chi connectivity index (χ1) is 16.4. The minimum absolute atomic E-state index is 0.0909. The van der Waals surface area contributed by atoms with Crippen molar-refractivity contribution in [3.63, 3.8) is 0 Å². The third-order valence-corrected chi connectivity index (χ3v) is 7.57. The molecule has 1 saturated heterocycles. The van der Waals surface area contributed by atoms with Crippen LogP contribution < -0.4 is 5.32 Å². The molecule has 8 nitrogen and oxygen atoms in total. The number of nitrogens with zero attached hydrogens (tertiary/aromatic N) is 2. The molecular weight excluding hydrogens is 454 g/mol. The number of ether oxygens (including phenoxy) is 1. The summed E-state index contributed by atoms with van der Waals surface area (Å²) in [5.74, 6) is -0.914. The molecule has 9 heteroatoms. The molecule has 0 radical (unpaired) electrons. The maximum absolute atomic E-state index is 12.7. The van der Waals surface area contributed by atoms with E-state index >= 15 is 0 Å². The number of hydrogen-bond acceptors (Lipinski definition) is 6. The summed E-state index contributed by atoms with van der Waals surface area (Å²) < 4.78 is 32.2. The standard InChI is InChI=1S/C25H25N3O5S/c29-24(27-22-5-2-1-3-6-22)20-10-8-19(9-11-20)18-33-25(30)21-12-15-28(16-13-21)34(31,32)23-7-4-14-26-17-23/h1-11,14,17,21H,12-13,15-16,18H2,(H,27,29). The zero-order valence-corrected chi connectivity index (χ0v) is 19.3. The number of aromatic nitrogens is 1. The number of piperidine rings is 1. The van der Waals surface area contributed by atoms with Crippen LogP contribution in [0.25, 0.3) is 0 Å². The molecule has 2 aromatic carbocycles. The van der Waals surface area contributed by atoms with Gasteiger partial charge in [0.15, 0.2) is 0 Å². The van der Waals surface area contributed by atoms with Gasteiger partial charge >= 0.3 is 5.97 Å². The summed E-state index contributed by atoms with van der Waals surface area (Å²) in [5, 5.41) is 2.82. The first-order valence-electron chi connectivity index (χ1n) is 11.0. The average Bonchev–Trinajstić information content (AvgIpc) is 2.88. The number of sulfonamides is 1. The molecule has 2 heterocycles. The van der Waals surface area contributed by atoms with Gasteiger partial charge in [-0.15, -0.1) is 0 Å². The van der Waals surface area contributed by atoms with Crippen LogP contribution in [0.5, 0.6) is 0 Å². The lowest BCUT2D eigenvalue weighted by Gasteiger charge is -2.30. The molecule has 1 N–H and O–H groups in total. The minimum Gasteiger partial charge on any atom is -0.461 e. The quantitative estimate of drug-likeness (QED) is 0.520. The highest BCUT2D eigenvalue weighted by Gasteiger charge is 2.32. The smallest absolute Gasteiger partial charge is 0.309 e. The minimum atomic E-state index is -3.61. The van der Waals surface area contributed by atoms with Crippen LogP contribution in [0.4, 0.5) is 5.69 Å². The van der Waals surface area contributed by atoms with Gasteiger partial charge < -0.3 is 10.1 Å². The molecule has 0 aliphatic carbocycles. The highest BCUT2D eigenvalue weighted by Crippen LogP contribution is 2.24. The topological polar surface area (TPSA) is 106 Å². The Kier molecular flexibility index (Phi) is 7.34. The Balaban J connectivity index is 1.25. The fraction of sp³-hybridized carbons (Fsp3) is 0.240. The maximum atomic E-state index is 12.7. The van der Waals surface area contributed by atoms with Crippen molar-refractivity contribution in [3.8, 4) is 0 Å². The number of carbonyl (C=O) groups excluding carboxylic acids is 2. The lowest BCUT2D eigenvalue weighted by atomic mass is 9.98. The van der Waals surface area contributed by atoms with Crippen molar-refractivity contribution < 1.29 is 22.7 Å². The SMILES string of the molecule is O=C(Nc1ccccc1)c1ccc(COC(=O)C2CCN(S(=O)(=O)c3cccnc3)CC2)cc1. The van der Waals surface area contributed by atoms with Crippen molar-refractivity contribution in [1.29, 1.82) is 0 Å². The van der Waals surface area contributed by atoms with Crippen molar-refractivity contribution in [2.24, 2.45) is 5.92 Å². The summed E-state index contributed by atoms with van der Waals surface area (Å²) in [6.45, 7) is 0.595. The summed E-state index contributed by atoms with van der Waals surface area (Å²) >= 11 is 0. The van der Waals surface area contributed by atoms with Crippen LogP contribution in [0.2, 0.25) is 0 Å².